The molecule has 0 bridgehead atoms. The van der Waals surface area contributed by atoms with Gasteiger partial charge >= 0.3 is 0 Å². The molecule has 26 heavy (non-hydrogen) atoms. The van der Waals surface area contributed by atoms with E-state index in [2.05, 4.69) is 5.32 Å². The smallest absolute Gasteiger partial charge is 0.257 e. The number of nitrogens with one attached hydrogen (secondary N) is 1. The van der Waals surface area contributed by atoms with Gasteiger partial charge in [0, 0.05) is 44.7 Å². The Morgan fingerprint density at radius 1 is 0.923 bits per heavy atom. The van der Waals surface area contributed by atoms with Gasteiger partial charge in [-0.2, -0.15) is 0 Å². The summed E-state index contributed by atoms with van der Waals surface area (Å²) in [5.41, 5.74) is 1.10. The quantitative estimate of drug-likeness (QED) is 0.878. The fourth-order valence-corrected chi connectivity index (χ4v) is 2.86. The van der Waals surface area contributed by atoms with Gasteiger partial charge in [0.2, 0.25) is 5.91 Å². The first-order chi connectivity index (χ1) is 12.6. The first-order valence-corrected chi connectivity index (χ1v) is 8.57. The van der Waals surface area contributed by atoms with Gasteiger partial charge in [0.15, 0.2) is 0 Å². The minimum atomic E-state index is -0.186. The fraction of sp³-hybridized carbons (Fsp3) is 0.316. The van der Waals surface area contributed by atoms with Crippen molar-refractivity contribution < 1.29 is 18.8 Å². The van der Waals surface area contributed by atoms with E-state index in [0.717, 1.165) is 0 Å². The van der Waals surface area contributed by atoms with Crippen molar-refractivity contribution in [3.8, 4) is 0 Å². The Labute approximate surface area is 151 Å². The molecule has 0 spiro atoms. The van der Waals surface area contributed by atoms with Crippen LogP contribution in [0.4, 0.5) is 0 Å². The Hall–Kier alpha value is -3.09. The maximum Gasteiger partial charge on any atom is 0.257 e. The highest BCUT2D eigenvalue weighted by atomic mass is 16.3. The third kappa shape index (κ3) is 4.30. The summed E-state index contributed by atoms with van der Waals surface area (Å²) >= 11 is 0. The minimum absolute atomic E-state index is 0.0197. The van der Waals surface area contributed by atoms with E-state index in [1.807, 2.05) is 6.07 Å². The van der Waals surface area contributed by atoms with Crippen LogP contribution in [-0.2, 0) is 4.79 Å². The van der Waals surface area contributed by atoms with E-state index >= 15 is 0 Å². The van der Waals surface area contributed by atoms with E-state index < -0.39 is 0 Å². The topological polar surface area (TPSA) is 82.9 Å². The van der Waals surface area contributed by atoms with E-state index in [1.54, 1.807) is 40.1 Å². The molecule has 7 nitrogen and oxygen atoms in total. The lowest BCUT2D eigenvalue weighted by Gasteiger charge is -2.34. The van der Waals surface area contributed by atoms with Crippen LogP contribution in [-0.4, -0.2) is 60.2 Å². The van der Waals surface area contributed by atoms with Crippen molar-refractivity contribution >= 4 is 17.7 Å². The number of benzene rings is 1. The second kappa shape index (κ2) is 8.33. The molecule has 0 unspecified atom stereocenters. The van der Waals surface area contributed by atoms with Gasteiger partial charge < -0.3 is 19.5 Å². The van der Waals surface area contributed by atoms with E-state index in [1.165, 1.54) is 12.5 Å². The first kappa shape index (κ1) is 17.7. The summed E-state index contributed by atoms with van der Waals surface area (Å²) in [6.07, 6.45) is 3.14. The van der Waals surface area contributed by atoms with Gasteiger partial charge in [-0.25, -0.2) is 0 Å². The van der Waals surface area contributed by atoms with Crippen LogP contribution in [0.5, 0.6) is 0 Å². The zero-order valence-corrected chi connectivity index (χ0v) is 14.4. The number of hydrogen-bond donors (Lipinski definition) is 1. The zero-order valence-electron chi connectivity index (χ0n) is 14.4. The van der Waals surface area contributed by atoms with Crippen molar-refractivity contribution in [2.75, 3.05) is 32.7 Å². The van der Waals surface area contributed by atoms with Crippen LogP contribution < -0.4 is 5.32 Å². The third-order valence-corrected chi connectivity index (χ3v) is 4.35. The number of carbonyl (C=O) groups excluding carboxylic acids is 3. The number of rotatable bonds is 5. The molecule has 1 aliphatic heterocycles. The summed E-state index contributed by atoms with van der Waals surface area (Å²) in [6.45, 7) is 2.27. The molecular weight excluding hydrogens is 334 g/mol. The van der Waals surface area contributed by atoms with Crippen LogP contribution in [0.2, 0.25) is 0 Å². The SMILES string of the molecule is O=C(NCCC(=O)N1CCN(C(=O)c2ccoc2)CC1)c1ccccc1. The van der Waals surface area contributed by atoms with Gasteiger partial charge in [-0.3, -0.25) is 14.4 Å². The second-order valence-corrected chi connectivity index (χ2v) is 6.06. The van der Waals surface area contributed by atoms with E-state index in [9.17, 15) is 14.4 Å². The molecule has 136 valence electrons. The number of piperazine rings is 1. The molecule has 7 heteroatoms. The Bertz CT molecular complexity index is 750. The first-order valence-electron chi connectivity index (χ1n) is 8.57. The lowest BCUT2D eigenvalue weighted by molar-refractivity contribution is -0.132. The number of amides is 3. The molecule has 1 aliphatic rings. The van der Waals surface area contributed by atoms with Crippen LogP contribution in [0.3, 0.4) is 0 Å². The molecule has 3 amide bonds. The highest BCUT2D eigenvalue weighted by Gasteiger charge is 2.25. The highest BCUT2D eigenvalue weighted by molar-refractivity contribution is 5.94. The number of hydrogen-bond acceptors (Lipinski definition) is 4. The number of nitrogens with zero attached hydrogens (tertiary/aromatic N) is 2. The average molecular weight is 355 g/mol. The van der Waals surface area contributed by atoms with Gasteiger partial charge in [0.05, 0.1) is 11.8 Å². The van der Waals surface area contributed by atoms with Crippen LogP contribution in [0.1, 0.15) is 27.1 Å². The molecule has 0 aliphatic carbocycles. The zero-order chi connectivity index (χ0) is 18.4. The monoisotopic (exact) mass is 355 g/mol. The Morgan fingerprint density at radius 3 is 2.27 bits per heavy atom. The van der Waals surface area contributed by atoms with Gasteiger partial charge in [-0.1, -0.05) is 18.2 Å². The van der Waals surface area contributed by atoms with Crippen LogP contribution in [0.25, 0.3) is 0 Å². The van der Waals surface area contributed by atoms with E-state index in [0.29, 0.717) is 43.9 Å². The normalized spacial score (nSPS) is 14.2. The van der Waals surface area contributed by atoms with Crippen molar-refractivity contribution in [3.05, 3.63) is 60.1 Å². The third-order valence-electron chi connectivity index (χ3n) is 4.35. The van der Waals surface area contributed by atoms with Gasteiger partial charge in [-0.05, 0) is 18.2 Å². The van der Waals surface area contributed by atoms with Crippen LogP contribution in [0, 0.1) is 0 Å². The van der Waals surface area contributed by atoms with Crippen molar-refractivity contribution in [2.24, 2.45) is 0 Å². The van der Waals surface area contributed by atoms with Crippen molar-refractivity contribution in [1.29, 1.82) is 0 Å². The molecule has 1 N–H and O–H groups in total. The van der Waals surface area contributed by atoms with Crippen molar-refractivity contribution in [3.63, 3.8) is 0 Å². The lowest BCUT2D eigenvalue weighted by Crippen LogP contribution is -2.51. The molecule has 1 aromatic carbocycles. The molecule has 1 fully saturated rings. The maximum absolute atomic E-state index is 12.3. The summed E-state index contributed by atoms with van der Waals surface area (Å²) in [4.78, 5) is 39.9. The Morgan fingerprint density at radius 2 is 1.62 bits per heavy atom. The number of carbonyl (C=O) groups is 3. The molecule has 1 saturated heterocycles. The van der Waals surface area contributed by atoms with Gasteiger partial charge in [0.25, 0.3) is 11.8 Å². The Balaban J connectivity index is 1.40. The summed E-state index contributed by atoms with van der Waals surface area (Å²) < 4.78 is 4.93. The molecular formula is C19H21N3O4. The van der Waals surface area contributed by atoms with Gasteiger partial charge in [0.1, 0.15) is 6.26 Å². The summed E-state index contributed by atoms with van der Waals surface area (Å²) in [7, 11) is 0. The molecule has 0 radical (unpaired) electrons. The van der Waals surface area contributed by atoms with Crippen LogP contribution in [0.15, 0.2) is 53.3 Å². The minimum Gasteiger partial charge on any atom is -0.472 e. The number of furan rings is 1. The average Bonchev–Trinajstić information content (AvgIpc) is 3.23. The summed E-state index contributed by atoms with van der Waals surface area (Å²) in [6, 6.07) is 10.5. The summed E-state index contributed by atoms with van der Waals surface area (Å²) in [5.74, 6) is -0.288. The fourth-order valence-electron chi connectivity index (χ4n) is 2.86. The largest absolute Gasteiger partial charge is 0.472 e. The van der Waals surface area contributed by atoms with Crippen LogP contribution >= 0.6 is 0 Å². The molecule has 1 aromatic heterocycles. The van der Waals surface area contributed by atoms with Gasteiger partial charge in [-0.15, -0.1) is 0 Å². The molecule has 0 saturated carbocycles. The Kier molecular flexibility index (Phi) is 5.68. The molecule has 0 atom stereocenters. The van der Waals surface area contributed by atoms with Crippen molar-refractivity contribution in [2.45, 2.75) is 6.42 Å². The van der Waals surface area contributed by atoms with E-state index in [4.69, 9.17) is 4.42 Å². The lowest BCUT2D eigenvalue weighted by atomic mass is 10.2. The molecule has 3 rings (SSSR count). The highest BCUT2D eigenvalue weighted by Crippen LogP contribution is 2.10. The predicted octanol–water partition coefficient (Wildman–Crippen LogP) is 1.38. The van der Waals surface area contributed by atoms with Crippen molar-refractivity contribution in [1.82, 2.24) is 15.1 Å². The maximum atomic E-state index is 12.3. The summed E-state index contributed by atoms with van der Waals surface area (Å²) in [5, 5.41) is 2.75. The second-order valence-electron chi connectivity index (χ2n) is 6.06. The standard InChI is InChI=1S/C19H21N3O4/c23-17(6-8-20-18(24)15-4-2-1-3-5-15)21-9-11-22(12-10-21)19(25)16-7-13-26-14-16/h1-5,7,13-14H,6,8-12H2,(H,20,24). The van der Waals surface area contributed by atoms with E-state index in [-0.39, 0.29) is 24.1 Å². The molecule has 2 aromatic rings. The predicted molar refractivity (Wildman–Crippen MR) is 94.6 cm³/mol. The molecule has 2 heterocycles.